The van der Waals surface area contributed by atoms with Crippen molar-refractivity contribution in [2.45, 2.75) is 0 Å². The number of hydrogen-bond donors (Lipinski definition) is 2. The van der Waals surface area contributed by atoms with E-state index in [0.29, 0.717) is 11.0 Å². The minimum absolute atomic E-state index is 0.0801. The van der Waals surface area contributed by atoms with Crippen LogP contribution in [0.5, 0.6) is 0 Å². The summed E-state index contributed by atoms with van der Waals surface area (Å²) in [6.45, 7) is 0. The monoisotopic (exact) mass is 373 g/mol. The Morgan fingerprint density at radius 3 is 2.68 bits per heavy atom. The van der Waals surface area contributed by atoms with Gasteiger partial charge in [-0.25, -0.2) is 4.98 Å². The third kappa shape index (κ3) is 3.32. The van der Waals surface area contributed by atoms with Crippen molar-refractivity contribution in [3.63, 3.8) is 0 Å². The number of guanidine groups is 1. The molecule has 3 aromatic rings. The van der Waals surface area contributed by atoms with Crippen molar-refractivity contribution in [3.05, 3.63) is 58.6 Å². The Morgan fingerprint density at radius 2 is 1.91 bits per heavy atom. The minimum atomic E-state index is 0.0801. The van der Waals surface area contributed by atoms with E-state index in [0.717, 1.165) is 20.3 Å². The maximum Gasteiger partial charge on any atom is 0.224 e. The van der Waals surface area contributed by atoms with Crippen molar-refractivity contribution in [2.24, 2.45) is 21.5 Å². The van der Waals surface area contributed by atoms with E-state index in [-0.39, 0.29) is 5.96 Å². The predicted octanol–water partition coefficient (Wildman–Crippen LogP) is 3.41. The van der Waals surface area contributed by atoms with Gasteiger partial charge in [-0.1, -0.05) is 51.5 Å². The molecule has 22 heavy (non-hydrogen) atoms. The van der Waals surface area contributed by atoms with Gasteiger partial charge in [0.1, 0.15) is 5.84 Å². The highest BCUT2D eigenvalue weighted by molar-refractivity contribution is 9.10. The van der Waals surface area contributed by atoms with Gasteiger partial charge in [0.2, 0.25) is 11.1 Å². The molecule has 4 N–H and O–H groups in total. The van der Waals surface area contributed by atoms with Crippen LogP contribution in [0.4, 0.5) is 5.13 Å². The van der Waals surface area contributed by atoms with Crippen LogP contribution in [0.2, 0.25) is 0 Å². The number of thiazole rings is 1. The van der Waals surface area contributed by atoms with E-state index >= 15 is 0 Å². The van der Waals surface area contributed by atoms with E-state index in [2.05, 4.69) is 30.9 Å². The zero-order valence-corrected chi connectivity index (χ0v) is 13.8. The molecule has 0 atom stereocenters. The third-order valence-electron chi connectivity index (χ3n) is 2.85. The second-order valence-corrected chi connectivity index (χ2v) is 6.37. The molecular weight excluding hydrogens is 362 g/mol. The van der Waals surface area contributed by atoms with Crippen LogP contribution in [0.15, 0.2) is 63.0 Å². The Balaban J connectivity index is 1.89. The molecule has 2 aromatic carbocycles. The van der Waals surface area contributed by atoms with E-state index < -0.39 is 0 Å². The van der Waals surface area contributed by atoms with Gasteiger partial charge in [0, 0.05) is 10.0 Å². The molecule has 1 aromatic heterocycles. The number of nitrogens with zero attached hydrogens (tertiary/aromatic N) is 3. The van der Waals surface area contributed by atoms with Crippen LogP contribution < -0.4 is 11.5 Å². The van der Waals surface area contributed by atoms with Crippen LogP contribution in [-0.2, 0) is 0 Å². The fourth-order valence-electron chi connectivity index (χ4n) is 1.87. The number of para-hydroxylation sites is 1. The highest BCUT2D eigenvalue weighted by Gasteiger charge is 2.04. The van der Waals surface area contributed by atoms with Gasteiger partial charge in [0.05, 0.1) is 10.2 Å². The molecule has 1 heterocycles. The van der Waals surface area contributed by atoms with Gasteiger partial charge in [-0.3, -0.25) is 0 Å². The molecule has 0 aliphatic carbocycles. The van der Waals surface area contributed by atoms with Crippen LogP contribution in [0.3, 0.4) is 0 Å². The number of hydrogen-bond acceptors (Lipinski definition) is 3. The Kier molecular flexibility index (Phi) is 4.17. The lowest BCUT2D eigenvalue weighted by molar-refractivity contribution is 1.35. The molecule has 0 bridgehead atoms. The first-order chi connectivity index (χ1) is 10.6. The largest absolute Gasteiger partial charge is 0.383 e. The van der Waals surface area contributed by atoms with Crippen LogP contribution in [0, 0.1) is 0 Å². The Bertz CT molecular complexity index is 851. The molecule has 0 unspecified atom stereocenters. The summed E-state index contributed by atoms with van der Waals surface area (Å²) in [6.07, 6.45) is 0. The number of aliphatic imine (C=N–C) groups is 2. The molecule has 0 aliphatic rings. The van der Waals surface area contributed by atoms with Gasteiger partial charge in [0.25, 0.3) is 0 Å². The van der Waals surface area contributed by atoms with Crippen molar-refractivity contribution in [3.8, 4) is 0 Å². The zero-order chi connectivity index (χ0) is 15.5. The summed E-state index contributed by atoms with van der Waals surface area (Å²) < 4.78 is 1.97. The number of benzene rings is 2. The number of aromatic nitrogens is 1. The molecule has 5 nitrogen and oxygen atoms in total. The lowest BCUT2D eigenvalue weighted by Crippen LogP contribution is -2.19. The summed E-state index contributed by atoms with van der Waals surface area (Å²) in [6, 6.07) is 15.3. The van der Waals surface area contributed by atoms with E-state index in [1.807, 2.05) is 48.5 Å². The lowest BCUT2D eigenvalue weighted by Gasteiger charge is -2.00. The molecule has 0 saturated carbocycles. The Hall–Kier alpha value is -2.25. The van der Waals surface area contributed by atoms with Gasteiger partial charge in [-0.15, -0.1) is 0 Å². The first kappa shape index (κ1) is 14.7. The smallest absolute Gasteiger partial charge is 0.224 e. The van der Waals surface area contributed by atoms with Crippen molar-refractivity contribution >= 4 is 54.4 Å². The summed E-state index contributed by atoms with van der Waals surface area (Å²) in [5, 5.41) is 0.560. The lowest BCUT2D eigenvalue weighted by atomic mass is 10.2. The topological polar surface area (TPSA) is 89.6 Å². The first-order valence-corrected chi connectivity index (χ1v) is 8.02. The quantitative estimate of drug-likeness (QED) is 0.532. The predicted molar refractivity (Wildman–Crippen MR) is 95.8 cm³/mol. The summed E-state index contributed by atoms with van der Waals surface area (Å²) in [5.41, 5.74) is 13.5. The van der Waals surface area contributed by atoms with Crippen LogP contribution in [0.1, 0.15) is 5.56 Å². The van der Waals surface area contributed by atoms with E-state index in [9.17, 15) is 0 Å². The fourth-order valence-corrected chi connectivity index (χ4v) is 3.11. The van der Waals surface area contributed by atoms with Crippen molar-refractivity contribution < 1.29 is 0 Å². The normalized spacial score (nSPS) is 12.8. The molecule has 0 aliphatic heterocycles. The second-order valence-electron chi connectivity index (χ2n) is 4.44. The molecule has 0 amide bonds. The number of rotatable bonds is 2. The van der Waals surface area contributed by atoms with Gasteiger partial charge in [-0.05, 0) is 24.3 Å². The molecule has 3 rings (SSSR count). The number of nitrogens with two attached hydrogens (primary N) is 2. The van der Waals surface area contributed by atoms with Gasteiger partial charge >= 0.3 is 0 Å². The van der Waals surface area contributed by atoms with E-state index in [1.165, 1.54) is 11.3 Å². The average Bonchev–Trinajstić information content (AvgIpc) is 2.89. The van der Waals surface area contributed by atoms with Crippen molar-refractivity contribution in [1.29, 1.82) is 0 Å². The molecule has 0 radical (unpaired) electrons. The molecular formula is C15H12BrN5S. The maximum absolute atomic E-state index is 5.94. The molecule has 110 valence electrons. The van der Waals surface area contributed by atoms with Crippen molar-refractivity contribution in [1.82, 2.24) is 4.98 Å². The standard InChI is InChI=1S/C15H12BrN5S/c16-10-5-3-4-9(8-10)13(17)20-14(18)21-15-19-11-6-1-2-7-12(11)22-15/h1-8H,(H4,17,18,19,20,21). The number of amidine groups is 1. The first-order valence-electron chi connectivity index (χ1n) is 6.41. The van der Waals surface area contributed by atoms with Gasteiger partial charge < -0.3 is 11.5 Å². The van der Waals surface area contributed by atoms with Gasteiger partial charge in [0.15, 0.2) is 0 Å². The SMILES string of the molecule is NC(=Nc1nc2ccccc2s1)N=C(N)c1cccc(Br)c1. The summed E-state index contributed by atoms with van der Waals surface area (Å²) in [4.78, 5) is 12.7. The molecule has 0 spiro atoms. The highest BCUT2D eigenvalue weighted by atomic mass is 79.9. The molecule has 7 heteroatoms. The zero-order valence-electron chi connectivity index (χ0n) is 11.4. The summed E-state index contributed by atoms with van der Waals surface area (Å²) in [5.74, 6) is 0.389. The van der Waals surface area contributed by atoms with Gasteiger partial charge in [-0.2, -0.15) is 9.98 Å². The third-order valence-corrected chi connectivity index (χ3v) is 4.27. The maximum atomic E-state index is 5.94. The number of halogens is 1. The number of fused-ring (bicyclic) bond motifs is 1. The van der Waals surface area contributed by atoms with Crippen LogP contribution in [-0.4, -0.2) is 16.8 Å². The van der Waals surface area contributed by atoms with Crippen LogP contribution in [0.25, 0.3) is 10.2 Å². The van der Waals surface area contributed by atoms with E-state index in [4.69, 9.17) is 11.5 Å². The highest BCUT2D eigenvalue weighted by Crippen LogP contribution is 2.27. The summed E-state index contributed by atoms with van der Waals surface area (Å²) >= 11 is 4.84. The molecule has 0 saturated heterocycles. The second kappa shape index (κ2) is 6.25. The minimum Gasteiger partial charge on any atom is -0.383 e. The molecule has 0 fully saturated rings. The van der Waals surface area contributed by atoms with Crippen LogP contribution >= 0.6 is 27.3 Å². The Morgan fingerprint density at radius 1 is 1.09 bits per heavy atom. The average molecular weight is 374 g/mol. The van der Waals surface area contributed by atoms with E-state index in [1.54, 1.807) is 0 Å². The fraction of sp³-hybridized carbons (Fsp3) is 0. The summed E-state index contributed by atoms with van der Waals surface area (Å²) in [7, 11) is 0. The Labute approximate surface area is 139 Å². The van der Waals surface area contributed by atoms with Crippen molar-refractivity contribution in [2.75, 3.05) is 0 Å².